The molecular weight excluding hydrogens is 381 g/mol. The van der Waals surface area contributed by atoms with E-state index in [9.17, 15) is 14.0 Å². The van der Waals surface area contributed by atoms with Crippen molar-refractivity contribution < 1.29 is 14.0 Å². The number of rotatable bonds is 2. The van der Waals surface area contributed by atoms with Crippen LogP contribution in [0.1, 0.15) is 31.8 Å². The van der Waals surface area contributed by atoms with Gasteiger partial charge in [-0.2, -0.15) is 0 Å². The number of halogens is 1. The summed E-state index contributed by atoms with van der Waals surface area (Å²) < 4.78 is 14.2. The first kappa shape index (κ1) is 18.2. The summed E-state index contributed by atoms with van der Waals surface area (Å²) in [5.41, 5.74) is 3.69. The minimum atomic E-state index is -0.667. The first-order valence-corrected chi connectivity index (χ1v) is 9.66. The van der Waals surface area contributed by atoms with Crippen LogP contribution in [0.5, 0.6) is 0 Å². The Balaban J connectivity index is 1.64. The fraction of sp³-hybridized carbons (Fsp3) is 0.125. The van der Waals surface area contributed by atoms with Crippen LogP contribution < -0.4 is 4.90 Å². The SMILES string of the molecule is CN1c2cc(F)ccc2C(c2ccccc2)=NCC1N1C(=O)c2ccccc2C1=O. The van der Waals surface area contributed by atoms with Crippen molar-refractivity contribution in [3.8, 4) is 0 Å². The van der Waals surface area contributed by atoms with Crippen molar-refractivity contribution >= 4 is 23.2 Å². The van der Waals surface area contributed by atoms with Crippen molar-refractivity contribution in [3.05, 3.63) is 101 Å². The first-order valence-electron chi connectivity index (χ1n) is 9.66. The molecule has 0 fully saturated rings. The van der Waals surface area contributed by atoms with Crippen LogP contribution in [0.15, 0.2) is 77.8 Å². The molecule has 5 rings (SSSR count). The second-order valence-corrected chi connectivity index (χ2v) is 7.33. The van der Waals surface area contributed by atoms with E-state index in [4.69, 9.17) is 4.99 Å². The van der Waals surface area contributed by atoms with Gasteiger partial charge >= 0.3 is 0 Å². The van der Waals surface area contributed by atoms with E-state index in [2.05, 4.69) is 0 Å². The topological polar surface area (TPSA) is 53.0 Å². The fourth-order valence-electron chi connectivity index (χ4n) is 4.11. The zero-order chi connectivity index (χ0) is 20.8. The van der Waals surface area contributed by atoms with Crippen LogP contribution in [0.3, 0.4) is 0 Å². The van der Waals surface area contributed by atoms with E-state index in [1.807, 2.05) is 30.3 Å². The maximum absolute atomic E-state index is 14.2. The highest BCUT2D eigenvalue weighted by Gasteiger charge is 2.42. The molecule has 3 aromatic rings. The second kappa shape index (κ2) is 6.91. The summed E-state index contributed by atoms with van der Waals surface area (Å²) in [6.45, 7) is 0.183. The highest BCUT2D eigenvalue weighted by Crippen LogP contribution is 2.33. The maximum Gasteiger partial charge on any atom is 0.263 e. The Bertz CT molecular complexity index is 1170. The molecule has 2 aliphatic heterocycles. The van der Waals surface area contributed by atoms with Gasteiger partial charge in [0, 0.05) is 18.2 Å². The highest BCUT2D eigenvalue weighted by atomic mass is 19.1. The molecule has 2 heterocycles. The van der Waals surface area contributed by atoms with Crippen molar-refractivity contribution in [1.29, 1.82) is 0 Å². The van der Waals surface area contributed by atoms with Crippen LogP contribution in [0.4, 0.5) is 10.1 Å². The highest BCUT2D eigenvalue weighted by molar-refractivity contribution is 6.22. The molecule has 30 heavy (non-hydrogen) atoms. The number of nitrogens with zero attached hydrogens (tertiary/aromatic N) is 3. The molecule has 6 heteroatoms. The quantitative estimate of drug-likeness (QED) is 0.617. The Morgan fingerprint density at radius 2 is 1.50 bits per heavy atom. The summed E-state index contributed by atoms with van der Waals surface area (Å²) in [5.74, 6) is -1.11. The summed E-state index contributed by atoms with van der Waals surface area (Å²) in [6, 6.07) is 20.9. The minimum Gasteiger partial charge on any atom is -0.352 e. The molecule has 0 bridgehead atoms. The number of imide groups is 1. The van der Waals surface area contributed by atoms with Gasteiger partial charge in [-0.25, -0.2) is 4.39 Å². The van der Waals surface area contributed by atoms with E-state index in [0.717, 1.165) is 11.1 Å². The molecular formula is C24H18FN3O2. The number of amides is 2. The van der Waals surface area contributed by atoms with Gasteiger partial charge in [-0.3, -0.25) is 19.5 Å². The number of hydrogen-bond donors (Lipinski definition) is 0. The number of fused-ring (bicyclic) bond motifs is 2. The second-order valence-electron chi connectivity index (χ2n) is 7.33. The van der Waals surface area contributed by atoms with Gasteiger partial charge in [-0.15, -0.1) is 0 Å². The first-order chi connectivity index (χ1) is 14.6. The van der Waals surface area contributed by atoms with Gasteiger partial charge < -0.3 is 4.90 Å². The van der Waals surface area contributed by atoms with Crippen molar-refractivity contribution in [2.24, 2.45) is 4.99 Å². The van der Waals surface area contributed by atoms with Gasteiger partial charge in [0.2, 0.25) is 0 Å². The summed E-state index contributed by atoms with van der Waals surface area (Å²) in [4.78, 5) is 33.9. The number of carbonyl (C=O) groups is 2. The van der Waals surface area contributed by atoms with Gasteiger partial charge in [0.1, 0.15) is 12.0 Å². The number of aliphatic imine (C=N–C) groups is 1. The number of benzodiazepines with no additional fused rings is 1. The summed E-state index contributed by atoms with van der Waals surface area (Å²) in [7, 11) is 1.76. The van der Waals surface area contributed by atoms with Crippen molar-refractivity contribution in [2.75, 3.05) is 18.5 Å². The Morgan fingerprint density at radius 3 is 2.17 bits per heavy atom. The Morgan fingerprint density at radius 1 is 0.867 bits per heavy atom. The third kappa shape index (κ3) is 2.72. The molecule has 0 saturated carbocycles. The maximum atomic E-state index is 14.2. The zero-order valence-electron chi connectivity index (χ0n) is 16.2. The molecule has 0 N–H and O–H groups in total. The predicted molar refractivity (Wildman–Crippen MR) is 112 cm³/mol. The fourth-order valence-corrected chi connectivity index (χ4v) is 4.11. The van der Waals surface area contributed by atoms with Gasteiger partial charge in [0.05, 0.1) is 29.1 Å². The molecule has 0 saturated heterocycles. The molecule has 2 aliphatic rings. The van der Waals surface area contributed by atoms with Crippen molar-refractivity contribution in [2.45, 2.75) is 6.17 Å². The van der Waals surface area contributed by atoms with Crippen LogP contribution in [0.2, 0.25) is 0 Å². The van der Waals surface area contributed by atoms with E-state index >= 15 is 0 Å². The standard InChI is InChI=1S/C24H18FN3O2/c1-27-20-13-16(25)11-12-19(20)22(15-7-3-2-4-8-15)26-14-21(27)28-23(29)17-9-5-6-10-18(17)24(28)30/h2-13,21H,14H2,1H3. The molecule has 0 aliphatic carbocycles. The monoisotopic (exact) mass is 399 g/mol. The lowest BCUT2D eigenvalue weighted by Gasteiger charge is -2.34. The molecule has 3 aromatic carbocycles. The van der Waals surface area contributed by atoms with Crippen LogP contribution >= 0.6 is 0 Å². The molecule has 5 nitrogen and oxygen atoms in total. The lowest BCUT2D eigenvalue weighted by atomic mass is 10.0. The number of benzene rings is 3. The van der Waals surface area contributed by atoms with E-state index in [-0.39, 0.29) is 18.4 Å². The number of likely N-dealkylation sites (N-methyl/N-ethyl adjacent to an activating group) is 1. The average Bonchev–Trinajstić information content (AvgIpc) is 2.93. The average molecular weight is 399 g/mol. The molecule has 0 spiro atoms. The number of anilines is 1. The molecule has 148 valence electrons. The smallest absolute Gasteiger partial charge is 0.263 e. The largest absolute Gasteiger partial charge is 0.352 e. The van der Waals surface area contributed by atoms with Crippen LogP contribution in [0.25, 0.3) is 0 Å². The van der Waals surface area contributed by atoms with Crippen LogP contribution in [-0.4, -0.2) is 42.2 Å². The van der Waals surface area contributed by atoms with E-state index in [1.165, 1.54) is 17.0 Å². The molecule has 1 unspecified atom stereocenters. The summed E-state index contributed by atoms with van der Waals surface area (Å²) >= 11 is 0. The molecule has 0 aromatic heterocycles. The lowest BCUT2D eigenvalue weighted by Crippen LogP contribution is -2.51. The number of carbonyl (C=O) groups excluding carboxylic acids is 2. The predicted octanol–water partition coefficient (Wildman–Crippen LogP) is 3.74. The molecule has 0 radical (unpaired) electrons. The Hall–Kier alpha value is -3.80. The molecule has 1 atom stereocenters. The van der Waals surface area contributed by atoms with E-state index in [1.54, 1.807) is 42.3 Å². The summed E-state index contributed by atoms with van der Waals surface area (Å²) in [5, 5.41) is 0. The minimum absolute atomic E-state index is 0.183. The third-order valence-electron chi connectivity index (χ3n) is 5.63. The van der Waals surface area contributed by atoms with Gasteiger partial charge in [-0.05, 0) is 30.3 Å². The van der Waals surface area contributed by atoms with Gasteiger partial charge in [0.15, 0.2) is 0 Å². The van der Waals surface area contributed by atoms with E-state index in [0.29, 0.717) is 22.5 Å². The molecule has 2 amide bonds. The normalized spacial score (nSPS) is 18.1. The summed E-state index contributed by atoms with van der Waals surface area (Å²) in [6.07, 6.45) is -0.667. The third-order valence-corrected chi connectivity index (χ3v) is 5.63. The Kier molecular flexibility index (Phi) is 4.20. The van der Waals surface area contributed by atoms with Crippen molar-refractivity contribution in [3.63, 3.8) is 0 Å². The van der Waals surface area contributed by atoms with Gasteiger partial charge in [0.25, 0.3) is 11.8 Å². The zero-order valence-corrected chi connectivity index (χ0v) is 16.2. The van der Waals surface area contributed by atoms with Crippen molar-refractivity contribution in [1.82, 2.24) is 4.90 Å². The van der Waals surface area contributed by atoms with E-state index < -0.39 is 12.0 Å². The van der Waals surface area contributed by atoms with Crippen LogP contribution in [0, 0.1) is 5.82 Å². The number of hydrogen-bond acceptors (Lipinski definition) is 4. The Labute approximate surface area is 173 Å². The van der Waals surface area contributed by atoms with Gasteiger partial charge in [-0.1, -0.05) is 42.5 Å². The lowest BCUT2D eigenvalue weighted by molar-refractivity contribution is 0.0589. The van der Waals surface area contributed by atoms with Crippen LogP contribution in [-0.2, 0) is 0 Å².